The van der Waals surface area contributed by atoms with Gasteiger partial charge in [0.2, 0.25) is 0 Å². The first kappa shape index (κ1) is 16.0. The normalized spacial score (nSPS) is 16.9. The highest BCUT2D eigenvalue weighted by atomic mass is 16.5. The van der Waals surface area contributed by atoms with Gasteiger partial charge >= 0.3 is 5.97 Å². The number of nitrogens with zero attached hydrogens (tertiary/aromatic N) is 1. The van der Waals surface area contributed by atoms with E-state index in [0.29, 0.717) is 11.6 Å². The third kappa shape index (κ3) is 4.55. The fourth-order valence-electron chi connectivity index (χ4n) is 2.91. The molecule has 1 N–H and O–H groups in total. The Morgan fingerprint density at radius 1 is 1.33 bits per heavy atom. The number of benzene rings is 1. The van der Waals surface area contributed by atoms with Crippen molar-refractivity contribution in [1.82, 2.24) is 10.2 Å². The second-order valence-electron chi connectivity index (χ2n) is 5.65. The van der Waals surface area contributed by atoms with Crippen molar-refractivity contribution in [3.05, 3.63) is 35.4 Å². The van der Waals surface area contributed by atoms with Gasteiger partial charge in [-0.15, -0.1) is 0 Å². The molecule has 0 atom stereocenters. The Bertz CT molecular complexity index is 454. The molecule has 0 spiro atoms. The highest BCUT2D eigenvalue weighted by Gasteiger charge is 2.19. The van der Waals surface area contributed by atoms with Gasteiger partial charge < -0.3 is 15.0 Å². The van der Waals surface area contributed by atoms with Crippen LogP contribution in [-0.4, -0.2) is 43.7 Å². The van der Waals surface area contributed by atoms with Crippen LogP contribution >= 0.6 is 0 Å². The Morgan fingerprint density at radius 2 is 2.05 bits per heavy atom. The Hall–Kier alpha value is -1.39. The summed E-state index contributed by atoms with van der Waals surface area (Å²) in [6.07, 6.45) is 3.59. The maximum absolute atomic E-state index is 11.7. The average molecular weight is 290 g/mol. The minimum Gasteiger partial charge on any atom is -0.465 e. The van der Waals surface area contributed by atoms with Crippen LogP contribution in [0.15, 0.2) is 24.3 Å². The van der Waals surface area contributed by atoms with Crippen molar-refractivity contribution in [2.75, 3.05) is 26.7 Å². The summed E-state index contributed by atoms with van der Waals surface area (Å²) in [6.45, 7) is 6.50. The summed E-state index contributed by atoms with van der Waals surface area (Å²) in [4.78, 5) is 14.3. The summed E-state index contributed by atoms with van der Waals surface area (Å²) in [6, 6.07) is 8.20. The van der Waals surface area contributed by atoms with Crippen LogP contribution in [0.5, 0.6) is 0 Å². The van der Waals surface area contributed by atoms with Crippen LogP contribution in [0.3, 0.4) is 0 Å². The van der Waals surface area contributed by atoms with Crippen LogP contribution in [0.1, 0.15) is 42.1 Å². The van der Waals surface area contributed by atoms with Gasteiger partial charge in [-0.1, -0.05) is 25.1 Å². The quantitative estimate of drug-likeness (QED) is 0.817. The molecule has 2 rings (SSSR count). The van der Waals surface area contributed by atoms with E-state index in [1.54, 1.807) is 0 Å². The van der Waals surface area contributed by atoms with E-state index in [1.807, 2.05) is 24.3 Å². The average Bonchev–Trinajstić information content (AvgIpc) is 2.54. The number of hydrogen-bond donors (Lipinski definition) is 1. The molecule has 1 aliphatic rings. The minimum absolute atomic E-state index is 0.259. The van der Waals surface area contributed by atoms with Gasteiger partial charge in [0.25, 0.3) is 0 Å². The number of likely N-dealkylation sites (tertiary alicyclic amines) is 1. The van der Waals surface area contributed by atoms with E-state index < -0.39 is 0 Å². The number of nitrogens with one attached hydrogen (secondary N) is 1. The monoisotopic (exact) mass is 290 g/mol. The largest absolute Gasteiger partial charge is 0.465 e. The molecule has 1 heterocycles. The Morgan fingerprint density at radius 3 is 2.71 bits per heavy atom. The Kier molecular flexibility index (Phi) is 6.21. The van der Waals surface area contributed by atoms with Crippen LogP contribution in [0.2, 0.25) is 0 Å². The van der Waals surface area contributed by atoms with E-state index in [-0.39, 0.29) is 5.97 Å². The molecule has 0 aliphatic carbocycles. The molecule has 1 fully saturated rings. The lowest BCUT2D eigenvalue weighted by atomic mass is 10.0. The van der Waals surface area contributed by atoms with E-state index in [4.69, 9.17) is 4.74 Å². The molecule has 0 bridgehead atoms. The second-order valence-corrected chi connectivity index (χ2v) is 5.65. The van der Waals surface area contributed by atoms with E-state index in [9.17, 15) is 4.79 Å². The van der Waals surface area contributed by atoms with E-state index in [1.165, 1.54) is 46.0 Å². The van der Waals surface area contributed by atoms with Crippen molar-refractivity contribution in [3.63, 3.8) is 0 Å². The predicted molar refractivity (Wildman–Crippen MR) is 84.4 cm³/mol. The van der Waals surface area contributed by atoms with Gasteiger partial charge in [0.15, 0.2) is 0 Å². The van der Waals surface area contributed by atoms with Crippen LogP contribution in [0.25, 0.3) is 0 Å². The van der Waals surface area contributed by atoms with Gasteiger partial charge in [-0.25, -0.2) is 4.79 Å². The maximum atomic E-state index is 11.7. The number of piperidine rings is 1. The van der Waals surface area contributed by atoms with Gasteiger partial charge in [0.1, 0.15) is 0 Å². The maximum Gasteiger partial charge on any atom is 0.338 e. The van der Waals surface area contributed by atoms with Crippen molar-refractivity contribution >= 4 is 5.97 Å². The summed E-state index contributed by atoms with van der Waals surface area (Å²) < 4.78 is 4.84. The first-order chi connectivity index (χ1) is 10.2. The number of esters is 1. The molecular formula is C17H26N2O2. The molecule has 4 heteroatoms. The predicted octanol–water partition coefficient (Wildman–Crippen LogP) is 2.44. The molecule has 0 saturated carbocycles. The van der Waals surface area contributed by atoms with E-state index >= 15 is 0 Å². The fraction of sp³-hybridized carbons (Fsp3) is 0.588. The van der Waals surface area contributed by atoms with Crippen LogP contribution in [0, 0.1) is 0 Å². The third-order valence-electron chi connectivity index (χ3n) is 4.13. The van der Waals surface area contributed by atoms with Crippen molar-refractivity contribution < 1.29 is 9.53 Å². The zero-order chi connectivity index (χ0) is 15.1. The molecule has 0 aromatic heterocycles. The molecule has 0 radical (unpaired) electrons. The number of ether oxygens (including phenoxy) is 1. The molecule has 0 amide bonds. The van der Waals surface area contributed by atoms with Crippen molar-refractivity contribution in [2.45, 2.75) is 38.8 Å². The number of methoxy groups -OCH3 is 1. The second kappa shape index (κ2) is 8.15. The van der Waals surface area contributed by atoms with Crippen LogP contribution < -0.4 is 5.32 Å². The summed E-state index contributed by atoms with van der Waals surface area (Å²) in [5, 5.41) is 3.59. The molecule has 116 valence electrons. The van der Waals surface area contributed by atoms with Gasteiger partial charge in [-0.05, 0) is 50.5 Å². The first-order valence-corrected chi connectivity index (χ1v) is 7.86. The summed E-state index contributed by atoms with van der Waals surface area (Å²) in [5.74, 6) is -0.259. The number of carbonyl (C=O) groups is 1. The lowest BCUT2D eigenvalue weighted by Crippen LogP contribution is -2.42. The molecule has 1 aromatic carbocycles. The van der Waals surface area contributed by atoms with Crippen molar-refractivity contribution in [2.24, 2.45) is 0 Å². The minimum atomic E-state index is -0.259. The zero-order valence-electron chi connectivity index (χ0n) is 13.1. The SMILES string of the molecule is CCCN1CCC(NCc2ccccc2C(=O)OC)CC1. The Labute approximate surface area is 127 Å². The van der Waals surface area contributed by atoms with Crippen molar-refractivity contribution in [1.29, 1.82) is 0 Å². The van der Waals surface area contributed by atoms with Crippen LogP contribution in [0.4, 0.5) is 0 Å². The van der Waals surface area contributed by atoms with E-state index in [0.717, 1.165) is 12.1 Å². The summed E-state index contributed by atoms with van der Waals surface area (Å²) in [7, 11) is 1.43. The first-order valence-electron chi connectivity index (χ1n) is 7.86. The molecule has 1 saturated heterocycles. The zero-order valence-corrected chi connectivity index (χ0v) is 13.1. The van der Waals surface area contributed by atoms with Crippen molar-refractivity contribution in [3.8, 4) is 0 Å². The van der Waals surface area contributed by atoms with Crippen LogP contribution in [-0.2, 0) is 11.3 Å². The molecule has 4 nitrogen and oxygen atoms in total. The van der Waals surface area contributed by atoms with Gasteiger partial charge in [0, 0.05) is 12.6 Å². The third-order valence-corrected chi connectivity index (χ3v) is 4.13. The summed E-state index contributed by atoms with van der Waals surface area (Å²) in [5.41, 5.74) is 1.68. The lowest BCUT2D eigenvalue weighted by Gasteiger charge is -2.32. The topological polar surface area (TPSA) is 41.6 Å². The molecule has 21 heavy (non-hydrogen) atoms. The van der Waals surface area contributed by atoms with Gasteiger partial charge in [0.05, 0.1) is 12.7 Å². The highest BCUT2D eigenvalue weighted by molar-refractivity contribution is 5.90. The van der Waals surface area contributed by atoms with Gasteiger partial charge in [-0.2, -0.15) is 0 Å². The Balaban J connectivity index is 1.85. The summed E-state index contributed by atoms with van der Waals surface area (Å²) >= 11 is 0. The fourth-order valence-corrected chi connectivity index (χ4v) is 2.91. The number of hydrogen-bond acceptors (Lipinski definition) is 4. The molecule has 1 aromatic rings. The molecular weight excluding hydrogens is 264 g/mol. The highest BCUT2D eigenvalue weighted by Crippen LogP contribution is 2.14. The van der Waals surface area contributed by atoms with E-state index in [2.05, 4.69) is 17.1 Å². The van der Waals surface area contributed by atoms with Gasteiger partial charge in [-0.3, -0.25) is 0 Å². The number of rotatable bonds is 6. The lowest BCUT2D eigenvalue weighted by molar-refractivity contribution is 0.0599. The smallest absolute Gasteiger partial charge is 0.338 e. The molecule has 0 unspecified atom stereocenters. The number of carbonyl (C=O) groups excluding carboxylic acids is 1. The standard InChI is InChI=1S/C17H26N2O2/c1-3-10-19-11-8-15(9-12-19)18-13-14-6-4-5-7-16(14)17(20)21-2/h4-7,15,18H,3,8-13H2,1-2H3. The molecule has 1 aliphatic heterocycles.